The van der Waals surface area contributed by atoms with Crippen molar-refractivity contribution in [3.8, 4) is 0 Å². The first-order valence-corrected chi connectivity index (χ1v) is 4.93. The third-order valence-corrected chi connectivity index (χ3v) is 2.82. The second-order valence-corrected chi connectivity index (χ2v) is 3.70. The van der Waals surface area contributed by atoms with Gasteiger partial charge in [-0.15, -0.1) is 0 Å². The molecule has 2 N–H and O–H groups in total. The Morgan fingerprint density at radius 3 is 2.62 bits per heavy atom. The summed E-state index contributed by atoms with van der Waals surface area (Å²) in [6.07, 6.45) is 4.08. The lowest BCUT2D eigenvalue weighted by molar-refractivity contribution is 0.327. The van der Waals surface area contributed by atoms with E-state index in [-0.39, 0.29) is 5.54 Å². The molecule has 0 bridgehead atoms. The van der Waals surface area contributed by atoms with E-state index in [9.17, 15) is 0 Å². The number of aromatic nitrogens is 2. The fourth-order valence-corrected chi connectivity index (χ4v) is 1.19. The minimum absolute atomic E-state index is 0.255. The maximum atomic E-state index is 3.91. The topological polar surface area (TPSA) is 40.7 Å². The molecule has 1 aromatic heterocycles. The van der Waals surface area contributed by atoms with E-state index in [0.717, 1.165) is 25.1 Å². The smallest absolute Gasteiger partial charge is 0.0490 e. The number of aromatic amines is 1. The summed E-state index contributed by atoms with van der Waals surface area (Å²) in [4.78, 5) is 0. The minimum atomic E-state index is 0.255. The monoisotopic (exact) mass is 181 g/mol. The zero-order chi connectivity index (χ0) is 9.73. The van der Waals surface area contributed by atoms with Gasteiger partial charge >= 0.3 is 0 Å². The van der Waals surface area contributed by atoms with Gasteiger partial charge in [-0.1, -0.05) is 13.8 Å². The maximum absolute atomic E-state index is 3.91. The van der Waals surface area contributed by atoms with Crippen LogP contribution in [0, 0.1) is 0 Å². The average Bonchev–Trinajstić information content (AvgIpc) is 2.67. The van der Waals surface area contributed by atoms with Crippen molar-refractivity contribution >= 4 is 0 Å². The molecule has 0 fully saturated rings. The van der Waals surface area contributed by atoms with Gasteiger partial charge in [0.05, 0.1) is 0 Å². The summed E-state index contributed by atoms with van der Waals surface area (Å²) < 4.78 is 0. The van der Waals surface area contributed by atoms with E-state index in [2.05, 4.69) is 36.3 Å². The van der Waals surface area contributed by atoms with Crippen LogP contribution in [0.4, 0.5) is 0 Å². The van der Waals surface area contributed by atoms with Gasteiger partial charge in [-0.05, 0) is 25.8 Å². The molecule has 0 atom stereocenters. The van der Waals surface area contributed by atoms with Gasteiger partial charge in [0.1, 0.15) is 0 Å². The molecule has 0 saturated carbocycles. The summed E-state index contributed by atoms with van der Waals surface area (Å²) in [6.45, 7) is 7.55. The summed E-state index contributed by atoms with van der Waals surface area (Å²) in [5.41, 5.74) is 1.40. The zero-order valence-corrected chi connectivity index (χ0v) is 8.72. The molecule has 1 rings (SSSR count). The molecule has 0 unspecified atom stereocenters. The van der Waals surface area contributed by atoms with Gasteiger partial charge in [-0.2, -0.15) is 5.10 Å². The molecule has 13 heavy (non-hydrogen) atoms. The standard InChI is InChI=1S/C10H19N3/c1-4-10(3,5-2)11-8-9-6-7-12-13-9/h6-7,11H,4-5,8H2,1-3H3,(H,12,13). The van der Waals surface area contributed by atoms with E-state index >= 15 is 0 Å². The van der Waals surface area contributed by atoms with Crippen LogP contribution < -0.4 is 5.32 Å². The van der Waals surface area contributed by atoms with Gasteiger partial charge < -0.3 is 5.32 Å². The van der Waals surface area contributed by atoms with Crippen LogP contribution in [0.2, 0.25) is 0 Å². The number of nitrogens with zero attached hydrogens (tertiary/aromatic N) is 1. The molecule has 0 spiro atoms. The van der Waals surface area contributed by atoms with E-state index in [1.54, 1.807) is 6.20 Å². The molecule has 74 valence electrons. The highest BCUT2D eigenvalue weighted by atomic mass is 15.1. The number of hydrogen-bond acceptors (Lipinski definition) is 2. The fourth-order valence-electron chi connectivity index (χ4n) is 1.19. The molecule has 1 heterocycles. The lowest BCUT2D eigenvalue weighted by atomic mass is 9.95. The van der Waals surface area contributed by atoms with E-state index in [4.69, 9.17) is 0 Å². The van der Waals surface area contributed by atoms with Crippen molar-refractivity contribution in [3.05, 3.63) is 18.0 Å². The Morgan fingerprint density at radius 1 is 1.46 bits per heavy atom. The van der Waals surface area contributed by atoms with Crippen LogP contribution in [0.5, 0.6) is 0 Å². The predicted octanol–water partition coefficient (Wildman–Crippen LogP) is 2.08. The minimum Gasteiger partial charge on any atom is -0.306 e. The summed E-state index contributed by atoms with van der Waals surface area (Å²) in [7, 11) is 0. The Labute approximate surface area is 79.9 Å². The molecule has 0 aliphatic heterocycles. The van der Waals surface area contributed by atoms with Gasteiger partial charge in [0.2, 0.25) is 0 Å². The Kier molecular flexibility index (Phi) is 3.48. The van der Waals surface area contributed by atoms with Crippen molar-refractivity contribution in [1.29, 1.82) is 0 Å². The highest BCUT2D eigenvalue weighted by Crippen LogP contribution is 2.13. The molecular formula is C10H19N3. The van der Waals surface area contributed by atoms with Gasteiger partial charge in [0.15, 0.2) is 0 Å². The van der Waals surface area contributed by atoms with Gasteiger partial charge in [-0.3, -0.25) is 5.10 Å². The van der Waals surface area contributed by atoms with Crippen molar-refractivity contribution in [2.75, 3.05) is 0 Å². The van der Waals surface area contributed by atoms with Crippen LogP contribution in [0.25, 0.3) is 0 Å². The summed E-state index contributed by atoms with van der Waals surface area (Å²) in [5, 5.41) is 10.4. The normalized spacial score (nSPS) is 11.9. The van der Waals surface area contributed by atoms with Gasteiger partial charge in [0.25, 0.3) is 0 Å². The number of H-pyrrole nitrogens is 1. The fraction of sp³-hybridized carbons (Fsp3) is 0.700. The predicted molar refractivity (Wildman–Crippen MR) is 54.4 cm³/mol. The van der Waals surface area contributed by atoms with E-state index in [0.29, 0.717) is 0 Å². The third-order valence-electron chi connectivity index (χ3n) is 2.82. The maximum Gasteiger partial charge on any atom is 0.0490 e. The van der Waals surface area contributed by atoms with Crippen molar-refractivity contribution in [2.45, 2.75) is 45.7 Å². The molecule has 0 aliphatic carbocycles. The lowest BCUT2D eigenvalue weighted by Crippen LogP contribution is -2.40. The molecule has 0 radical (unpaired) electrons. The second-order valence-electron chi connectivity index (χ2n) is 3.70. The first kappa shape index (κ1) is 10.3. The van der Waals surface area contributed by atoms with Crippen LogP contribution in [0.1, 0.15) is 39.3 Å². The third kappa shape index (κ3) is 2.84. The van der Waals surface area contributed by atoms with E-state index in [1.165, 1.54) is 0 Å². The second kappa shape index (κ2) is 4.42. The van der Waals surface area contributed by atoms with Crippen molar-refractivity contribution in [1.82, 2.24) is 15.5 Å². The van der Waals surface area contributed by atoms with Crippen LogP contribution in [0.3, 0.4) is 0 Å². The Hall–Kier alpha value is -0.830. The number of rotatable bonds is 5. The van der Waals surface area contributed by atoms with Crippen LogP contribution in [-0.4, -0.2) is 15.7 Å². The van der Waals surface area contributed by atoms with Crippen LogP contribution in [-0.2, 0) is 6.54 Å². The molecule has 0 aliphatic rings. The number of nitrogens with one attached hydrogen (secondary N) is 2. The first-order chi connectivity index (χ1) is 6.20. The molecule has 0 aromatic carbocycles. The number of hydrogen-bond donors (Lipinski definition) is 2. The molecule has 0 saturated heterocycles. The van der Waals surface area contributed by atoms with E-state index in [1.807, 2.05) is 6.07 Å². The van der Waals surface area contributed by atoms with Crippen molar-refractivity contribution < 1.29 is 0 Å². The highest BCUT2D eigenvalue weighted by Gasteiger charge is 2.17. The molecule has 3 nitrogen and oxygen atoms in total. The zero-order valence-electron chi connectivity index (χ0n) is 8.72. The quantitative estimate of drug-likeness (QED) is 0.730. The molecule has 1 aromatic rings. The largest absolute Gasteiger partial charge is 0.306 e. The van der Waals surface area contributed by atoms with Crippen molar-refractivity contribution in [2.24, 2.45) is 0 Å². The van der Waals surface area contributed by atoms with Gasteiger partial charge in [0, 0.05) is 24.0 Å². The summed E-state index contributed by atoms with van der Waals surface area (Å²) in [5.74, 6) is 0. The lowest BCUT2D eigenvalue weighted by Gasteiger charge is -2.28. The van der Waals surface area contributed by atoms with Crippen LogP contribution in [0.15, 0.2) is 12.3 Å². The Morgan fingerprint density at radius 2 is 2.15 bits per heavy atom. The van der Waals surface area contributed by atoms with E-state index < -0.39 is 0 Å². The Bertz CT molecular complexity index is 224. The Balaban J connectivity index is 2.41. The summed E-state index contributed by atoms with van der Waals surface area (Å²) >= 11 is 0. The van der Waals surface area contributed by atoms with Crippen LogP contribution >= 0.6 is 0 Å². The molecule has 3 heteroatoms. The summed E-state index contributed by atoms with van der Waals surface area (Å²) in [6, 6.07) is 2.00. The van der Waals surface area contributed by atoms with Crippen molar-refractivity contribution in [3.63, 3.8) is 0 Å². The molecular weight excluding hydrogens is 162 g/mol. The first-order valence-electron chi connectivity index (χ1n) is 4.93. The SMILES string of the molecule is CCC(C)(CC)NCc1ccn[nH]1. The average molecular weight is 181 g/mol. The molecule has 0 amide bonds. The highest BCUT2D eigenvalue weighted by molar-refractivity contribution is 4.98. The van der Waals surface area contributed by atoms with Gasteiger partial charge in [-0.25, -0.2) is 0 Å².